The van der Waals surface area contributed by atoms with E-state index in [-0.39, 0.29) is 12.1 Å². The maximum absolute atomic E-state index is 11.6. The first-order chi connectivity index (χ1) is 8.17. The second-order valence-electron chi connectivity index (χ2n) is 4.40. The third-order valence-electron chi connectivity index (χ3n) is 2.79. The van der Waals surface area contributed by atoms with E-state index in [4.69, 9.17) is 4.74 Å². The summed E-state index contributed by atoms with van der Waals surface area (Å²) < 4.78 is 5.50. The molecule has 0 bridgehead atoms. The third kappa shape index (κ3) is 4.59. The predicted octanol–water partition coefficient (Wildman–Crippen LogP) is 4.18. The molecule has 2 heteroatoms. The first kappa shape index (κ1) is 13.8. The third-order valence-corrected chi connectivity index (χ3v) is 2.79. The molecule has 0 aliphatic carbocycles. The Hall–Kier alpha value is -1.31. The Balaban J connectivity index is 2.62. The summed E-state index contributed by atoms with van der Waals surface area (Å²) in [6.07, 6.45) is 3.18. The van der Waals surface area contributed by atoms with Crippen LogP contribution in [0.25, 0.3) is 0 Å². The fourth-order valence-electron chi connectivity index (χ4n) is 1.80. The SMILES string of the molecule is CCCCC(=O)OC(CC)c1cccc(C)c1. The van der Waals surface area contributed by atoms with Crippen LogP contribution in [-0.2, 0) is 9.53 Å². The Kier molecular flexibility index (Phi) is 5.75. The molecule has 1 atom stereocenters. The van der Waals surface area contributed by atoms with E-state index >= 15 is 0 Å². The van der Waals surface area contributed by atoms with Gasteiger partial charge in [-0.05, 0) is 25.3 Å². The standard InChI is InChI=1S/C15H22O2/c1-4-6-10-15(16)17-14(5-2)13-9-7-8-12(3)11-13/h7-9,11,14H,4-6,10H2,1-3H3. The fourth-order valence-corrected chi connectivity index (χ4v) is 1.80. The van der Waals surface area contributed by atoms with Crippen LogP contribution < -0.4 is 0 Å². The highest BCUT2D eigenvalue weighted by molar-refractivity contribution is 5.69. The number of hydrogen-bond acceptors (Lipinski definition) is 2. The van der Waals surface area contributed by atoms with Gasteiger partial charge in [0, 0.05) is 6.42 Å². The van der Waals surface area contributed by atoms with Crippen molar-refractivity contribution in [2.45, 2.75) is 52.6 Å². The Bertz CT molecular complexity index is 358. The molecule has 0 spiro atoms. The summed E-state index contributed by atoms with van der Waals surface area (Å²) in [5, 5.41) is 0. The number of hydrogen-bond donors (Lipinski definition) is 0. The minimum Gasteiger partial charge on any atom is -0.457 e. The van der Waals surface area contributed by atoms with Gasteiger partial charge in [-0.15, -0.1) is 0 Å². The van der Waals surface area contributed by atoms with Crippen LogP contribution in [0.15, 0.2) is 24.3 Å². The summed E-state index contributed by atoms with van der Waals surface area (Å²) in [5.74, 6) is -0.0831. The van der Waals surface area contributed by atoms with Crippen molar-refractivity contribution in [3.8, 4) is 0 Å². The molecule has 0 saturated heterocycles. The number of aryl methyl sites for hydroxylation is 1. The minimum absolute atomic E-state index is 0.0831. The number of carbonyl (C=O) groups is 1. The summed E-state index contributed by atoms with van der Waals surface area (Å²) in [6, 6.07) is 8.16. The lowest BCUT2D eigenvalue weighted by Crippen LogP contribution is -2.10. The van der Waals surface area contributed by atoms with E-state index in [1.165, 1.54) is 5.56 Å². The normalized spacial score (nSPS) is 12.2. The highest BCUT2D eigenvalue weighted by Crippen LogP contribution is 2.22. The van der Waals surface area contributed by atoms with Gasteiger partial charge in [0.15, 0.2) is 0 Å². The molecule has 17 heavy (non-hydrogen) atoms. The van der Waals surface area contributed by atoms with Crippen LogP contribution in [0, 0.1) is 6.92 Å². The van der Waals surface area contributed by atoms with Gasteiger partial charge in [0.05, 0.1) is 0 Å². The molecule has 0 aliphatic heterocycles. The molecular formula is C15H22O2. The van der Waals surface area contributed by atoms with E-state index in [0.29, 0.717) is 6.42 Å². The first-order valence-corrected chi connectivity index (χ1v) is 6.43. The second-order valence-corrected chi connectivity index (χ2v) is 4.40. The van der Waals surface area contributed by atoms with Crippen LogP contribution in [0.5, 0.6) is 0 Å². The number of rotatable bonds is 6. The summed E-state index contributed by atoms with van der Waals surface area (Å²) in [6.45, 7) is 6.17. The van der Waals surface area contributed by atoms with E-state index in [2.05, 4.69) is 26.0 Å². The Morgan fingerprint density at radius 1 is 1.35 bits per heavy atom. The van der Waals surface area contributed by atoms with E-state index in [1.54, 1.807) is 0 Å². The van der Waals surface area contributed by atoms with Crippen molar-refractivity contribution in [1.82, 2.24) is 0 Å². The van der Waals surface area contributed by atoms with Crippen LogP contribution >= 0.6 is 0 Å². The van der Waals surface area contributed by atoms with Gasteiger partial charge in [0.25, 0.3) is 0 Å². The molecule has 0 heterocycles. The molecule has 2 nitrogen and oxygen atoms in total. The van der Waals surface area contributed by atoms with Crippen LogP contribution in [0.4, 0.5) is 0 Å². The van der Waals surface area contributed by atoms with E-state index in [9.17, 15) is 4.79 Å². The zero-order valence-corrected chi connectivity index (χ0v) is 11.0. The van der Waals surface area contributed by atoms with Crippen molar-refractivity contribution in [2.75, 3.05) is 0 Å². The lowest BCUT2D eigenvalue weighted by atomic mass is 10.0. The van der Waals surface area contributed by atoms with Crippen LogP contribution in [-0.4, -0.2) is 5.97 Å². The van der Waals surface area contributed by atoms with Crippen molar-refractivity contribution in [2.24, 2.45) is 0 Å². The Morgan fingerprint density at radius 3 is 2.71 bits per heavy atom. The molecule has 0 N–H and O–H groups in total. The molecule has 0 saturated carbocycles. The van der Waals surface area contributed by atoms with E-state index < -0.39 is 0 Å². The molecule has 0 radical (unpaired) electrons. The predicted molar refractivity (Wildman–Crippen MR) is 69.8 cm³/mol. The van der Waals surface area contributed by atoms with E-state index in [1.807, 2.05) is 19.1 Å². The molecule has 0 fully saturated rings. The molecule has 0 aliphatic rings. The number of ether oxygens (including phenoxy) is 1. The largest absolute Gasteiger partial charge is 0.457 e. The summed E-state index contributed by atoms with van der Waals surface area (Å²) in [5.41, 5.74) is 2.29. The van der Waals surface area contributed by atoms with Crippen molar-refractivity contribution in [3.05, 3.63) is 35.4 Å². The molecule has 1 aromatic rings. The van der Waals surface area contributed by atoms with Crippen molar-refractivity contribution >= 4 is 5.97 Å². The van der Waals surface area contributed by atoms with Gasteiger partial charge in [-0.3, -0.25) is 4.79 Å². The Labute approximate surface area is 104 Å². The molecule has 94 valence electrons. The number of carbonyl (C=O) groups excluding carboxylic acids is 1. The first-order valence-electron chi connectivity index (χ1n) is 6.43. The highest BCUT2D eigenvalue weighted by atomic mass is 16.5. The van der Waals surface area contributed by atoms with Gasteiger partial charge in [0.2, 0.25) is 0 Å². The number of esters is 1. The zero-order valence-electron chi connectivity index (χ0n) is 11.0. The highest BCUT2D eigenvalue weighted by Gasteiger charge is 2.14. The fraction of sp³-hybridized carbons (Fsp3) is 0.533. The maximum Gasteiger partial charge on any atom is 0.306 e. The van der Waals surface area contributed by atoms with Gasteiger partial charge in [-0.1, -0.05) is 50.1 Å². The molecule has 1 aromatic carbocycles. The summed E-state index contributed by atoms with van der Waals surface area (Å²) >= 11 is 0. The zero-order chi connectivity index (χ0) is 12.7. The van der Waals surface area contributed by atoms with Crippen LogP contribution in [0.3, 0.4) is 0 Å². The van der Waals surface area contributed by atoms with Crippen LogP contribution in [0.1, 0.15) is 56.8 Å². The molecular weight excluding hydrogens is 212 g/mol. The average molecular weight is 234 g/mol. The van der Waals surface area contributed by atoms with E-state index in [0.717, 1.165) is 24.8 Å². The van der Waals surface area contributed by atoms with Crippen molar-refractivity contribution in [1.29, 1.82) is 0 Å². The second kappa shape index (κ2) is 7.10. The molecule has 1 unspecified atom stereocenters. The summed E-state index contributed by atoms with van der Waals surface area (Å²) in [7, 11) is 0. The Morgan fingerprint density at radius 2 is 2.12 bits per heavy atom. The van der Waals surface area contributed by atoms with Crippen molar-refractivity contribution in [3.63, 3.8) is 0 Å². The van der Waals surface area contributed by atoms with Crippen molar-refractivity contribution < 1.29 is 9.53 Å². The van der Waals surface area contributed by atoms with Gasteiger partial charge < -0.3 is 4.74 Å². The van der Waals surface area contributed by atoms with Gasteiger partial charge in [0.1, 0.15) is 6.10 Å². The molecule has 0 amide bonds. The van der Waals surface area contributed by atoms with Gasteiger partial charge in [-0.25, -0.2) is 0 Å². The van der Waals surface area contributed by atoms with Crippen LogP contribution in [0.2, 0.25) is 0 Å². The number of benzene rings is 1. The molecule has 1 rings (SSSR count). The monoisotopic (exact) mass is 234 g/mol. The van der Waals surface area contributed by atoms with Gasteiger partial charge in [-0.2, -0.15) is 0 Å². The number of unbranched alkanes of at least 4 members (excludes halogenated alkanes) is 1. The summed E-state index contributed by atoms with van der Waals surface area (Å²) in [4.78, 5) is 11.6. The topological polar surface area (TPSA) is 26.3 Å². The average Bonchev–Trinajstić information content (AvgIpc) is 2.33. The molecule has 0 aromatic heterocycles. The quantitative estimate of drug-likeness (QED) is 0.690. The minimum atomic E-state index is -0.0979. The smallest absolute Gasteiger partial charge is 0.306 e. The maximum atomic E-state index is 11.6. The lowest BCUT2D eigenvalue weighted by Gasteiger charge is -2.17. The van der Waals surface area contributed by atoms with Gasteiger partial charge >= 0.3 is 5.97 Å². The lowest BCUT2D eigenvalue weighted by molar-refractivity contribution is -0.149.